The maximum atomic E-state index is 12.5. The summed E-state index contributed by atoms with van der Waals surface area (Å²) in [5.41, 5.74) is 8.32. The number of nitrogens with two attached hydrogens (primary N) is 1. The van der Waals surface area contributed by atoms with Gasteiger partial charge in [0.05, 0.1) is 6.42 Å². The molecule has 1 saturated heterocycles. The van der Waals surface area contributed by atoms with E-state index in [0.717, 1.165) is 37.2 Å². The predicted molar refractivity (Wildman–Crippen MR) is 81.1 cm³/mol. The molecule has 1 unspecified atom stereocenters. The second-order valence-electron chi connectivity index (χ2n) is 6.09. The molecule has 2 aliphatic heterocycles. The molecule has 0 aliphatic carbocycles. The summed E-state index contributed by atoms with van der Waals surface area (Å²) in [6, 6.07) is 5.67. The van der Waals surface area contributed by atoms with Crippen molar-refractivity contribution in [1.29, 1.82) is 0 Å². The average molecular weight is 287 g/mol. The van der Waals surface area contributed by atoms with Crippen molar-refractivity contribution in [2.45, 2.75) is 32.2 Å². The van der Waals surface area contributed by atoms with E-state index < -0.39 is 0 Å². The number of fused-ring (bicyclic) bond motifs is 1. The first-order valence-electron chi connectivity index (χ1n) is 7.52. The van der Waals surface area contributed by atoms with Crippen molar-refractivity contribution < 1.29 is 9.59 Å². The zero-order valence-corrected chi connectivity index (χ0v) is 12.3. The molecule has 0 radical (unpaired) electrons. The number of rotatable bonds is 2. The Hall–Kier alpha value is -1.88. The molecule has 2 heterocycles. The summed E-state index contributed by atoms with van der Waals surface area (Å²) in [5.74, 6) is 0.544. The minimum atomic E-state index is -0.00709. The van der Waals surface area contributed by atoms with E-state index in [-0.39, 0.29) is 17.9 Å². The van der Waals surface area contributed by atoms with E-state index in [0.29, 0.717) is 17.9 Å². The molecule has 112 valence electrons. The topological polar surface area (TPSA) is 75.4 Å². The van der Waals surface area contributed by atoms with Crippen LogP contribution in [-0.2, 0) is 11.2 Å². The van der Waals surface area contributed by atoms with E-state index in [1.54, 1.807) is 6.07 Å². The van der Waals surface area contributed by atoms with Crippen LogP contribution in [0, 0.1) is 5.92 Å². The molecule has 0 bridgehead atoms. The van der Waals surface area contributed by atoms with Gasteiger partial charge in [-0.15, -0.1) is 0 Å². The van der Waals surface area contributed by atoms with E-state index >= 15 is 0 Å². The van der Waals surface area contributed by atoms with Gasteiger partial charge in [-0.1, -0.05) is 6.07 Å². The van der Waals surface area contributed by atoms with Gasteiger partial charge in [0.25, 0.3) is 5.91 Å². The van der Waals surface area contributed by atoms with E-state index in [2.05, 4.69) is 5.32 Å². The van der Waals surface area contributed by atoms with Crippen molar-refractivity contribution in [3.8, 4) is 0 Å². The zero-order chi connectivity index (χ0) is 15.0. The lowest BCUT2D eigenvalue weighted by Crippen LogP contribution is -2.42. The SMILES string of the molecule is CC(N)C1CCN(C(=O)c2ccc3c(c2)NC(=O)C3)CC1. The first-order chi connectivity index (χ1) is 10.0. The minimum Gasteiger partial charge on any atom is -0.339 e. The summed E-state index contributed by atoms with van der Waals surface area (Å²) in [4.78, 5) is 25.8. The highest BCUT2D eigenvalue weighted by atomic mass is 16.2. The van der Waals surface area contributed by atoms with Gasteiger partial charge in [-0.05, 0) is 43.4 Å². The molecule has 1 aromatic carbocycles. The minimum absolute atomic E-state index is 0.00709. The maximum Gasteiger partial charge on any atom is 0.253 e. The van der Waals surface area contributed by atoms with Crippen molar-refractivity contribution in [3.05, 3.63) is 29.3 Å². The summed E-state index contributed by atoms with van der Waals surface area (Å²) in [6.45, 7) is 3.55. The Morgan fingerprint density at radius 2 is 2.10 bits per heavy atom. The van der Waals surface area contributed by atoms with E-state index in [1.165, 1.54) is 0 Å². The largest absolute Gasteiger partial charge is 0.339 e. The summed E-state index contributed by atoms with van der Waals surface area (Å²) in [6.07, 6.45) is 2.33. The number of likely N-dealkylation sites (tertiary alicyclic amines) is 1. The molecule has 21 heavy (non-hydrogen) atoms. The van der Waals surface area contributed by atoms with Crippen molar-refractivity contribution in [3.63, 3.8) is 0 Å². The molecule has 5 heteroatoms. The smallest absolute Gasteiger partial charge is 0.253 e. The number of piperidine rings is 1. The second kappa shape index (κ2) is 5.48. The molecule has 0 spiro atoms. The van der Waals surface area contributed by atoms with E-state index in [4.69, 9.17) is 5.73 Å². The van der Waals surface area contributed by atoms with Crippen LogP contribution in [0.3, 0.4) is 0 Å². The summed E-state index contributed by atoms with van der Waals surface area (Å²) >= 11 is 0. The Morgan fingerprint density at radius 1 is 1.38 bits per heavy atom. The molecule has 3 N–H and O–H groups in total. The van der Waals surface area contributed by atoms with Crippen LogP contribution in [-0.4, -0.2) is 35.8 Å². The molecular weight excluding hydrogens is 266 g/mol. The Kier molecular flexibility index (Phi) is 3.68. The van der Waals surface area contributed by atoms with Gasteiger partial charge in [0.1, 0.15) is 0 Å². The van der Waals surface area contributed by atoms with Crippen LogP contribution in [0.1, 0.15) is 35.7 Å². The number of nitrogens with one attached hydrogen (secondary N) is 1. The highest BCUT2D eigenvalue weighted by molar-refractivity contribution is 6.02. The first-order valence-corrected chi connectivity index (χ1v) is 7.52. The predicted octanol–water partition coefficient (Wildman–Crippen LogP) is 1.38. The van der Waals surface area contributed by atoms with Gasteiger partial charge in [-0.25, -0.2) is 0 Å². The fourth-order valence-corrected chi connectivity index (χ4v) is 3.16. The molecule has 5 nitrogen and oxygen atoms in total. The van der Waals surface area contributed by atoms with Crippen molar-refractivity contribution in [2.24, 2.45) is 11.7 Å². The number of benzene rings is 1. The third-order valence-electron chi connectivity index (χ3n) is 4.55. The monoisotopic (exact) mass is 287 g/mol. The van der Waals surface area contributed by atoms with E-state index in [1.807, 2.05) is 24.0 Å². The molecule has 1 atom stereocenters. The number of carbonyl (C=O) groups excluding carboxylic acids is 2. The Morgan fingerprint density at radius 3 is 2.76 bits per heavy atom. The van der Waals surface area contributed by atoms with Crippen LogP contribution in [0.5, 0.6) is 0 Å². The maximum absolute atomic E-state index is 12.5. The quantitative estimate of drug-likeness (QED) is 0.863. The fraction of sp³-hybridized carbons (Fsp3) is 0.500. The molecule has 1 aromatic rings. The van der Waals surface area contributed by atoms with E-state index in [9.17, 15) is 9.59 Å². The number of hydrogen-bond donors (Lipinski definition) is 2. The highest BCUT2D eigenvalue weighted by Gasteiger charge is 2.26. The molecular formula is C16H21N3O2. The lowest BCUT2D eigenvalue weighted by Gasteiger charge is -2.33. The number of anilines is 1. The summed E-state index contributed by atoms with van der Waals surface area (Å²) < 4.78 is 0. The molecule has 0 aromatic heterocycles. The number of nitrogens with zero attached hydrogens (tertiary/aromatic N) is 1. The molecule has 3 rings (SSSR count). The summed E-state index contributed by atoms with van der Waals surface area (Å²) in [7, 11) is 0. The van der Waals surface area contributed by atoms with Crippen molar-refractivity contribution in [2.75, 3.05) is 18.4 Å². The van der Waals surface area contributed by atoms with Crippen molar-refractivity contribution in [1.82, 2.24) is 4.90 Å². The Labute approximate surface area is 124 Å². The fourth-order valence-electron chi connectivity index (χ4n) is 3.16. The normalized spacial score (nSPS) is 20.1. The van der Waals surface area contributed by atoms with Crippen LogP contribution < -0.4 is 11.1 Å². The molecule has 2 aliphatic rings. The van der Waals surface area contributed by atoms with Crippen molar-refractivity contribution >= 4 is 17.5 Å². The van der Waals surface area contributed by atoms with Crippen LogP contribution in [0.4, 0.5) is 5.69 Å². The van der Waals surface area contributed by atoms with Crippen LogP contribution in [0.2, 0.25) is 0 Å². The van der Waals surface area contributed by atoms with Gasteiger partial charge >= 0.3 is 0 Å². The lowest BCUT2D eigenvalue weighted by atomic mass is 9.90. The Balaban J connectivity index is 1.69. The van der Waals surface area contributed by atoms with Gasteiger partial charge in [0.15, 0.2) is 0 Å². The van der Waals surface area contributed by atoms with Gasteiger partial charge < -0.3 is 16.0 Å². The number of carbonyl (C=O) groups is 2. The number of amides is 2. The first kappa shape index (κ1) is 14.1. The van der Waals surface area contributed by atoms with Gasteiger partial charge in [0, 0.05) is 30.4 Å². The standard InChI is InChI=1S/C16H21N3O2/c1-10(17)11-4-6-19(7-5-11)16(21)13-3-2-12-9-15(20)18-14(12)8-13/h2-3,8,10-11H,4-7,9,17H2,1H3,(H,18,20). The number of hydrogen-bond acceptors (Lipinski definition) is 3. The zero-order valence-electron chi connectivity index (χ0n) is 12.3. The van der Waals surface area contributed by atoms with Crippen LogP contribution in [0.15, 0.2) is 18.2 Å². The average Bonchev–Trinajstić information content (AvgIpc) is 2.85. The summed E-state index contributed by atoms with van der Waals surface area (Å²) in [5, 5.41) is 2.79. The lowest BCUT2D eigenvalue weighted by molar-refractivity contribution is -0.115. The van der Waals surface area contributed by atoms with Crippen LogP contribution >= 0.6 is 0 Å². The Bertz CT molecular complexity index is 575. The molecule has 0 saturated carbocycles. The third-order valence-corrected chi connectivity index (χ3v) is 4.55. The molecule has 1 fully saturated rings. The van der Waals surface area contributed by atoms with Gasteiger partial charge in [-0.3, -0.25) is 9.59 Å². The third kappa shape index (κ3) is 2.78. The van der Waals surface area contributed by atoms with Crippen LogP contribution in [0.25, 0.3) is 0 Å². The molecule has 2 amide bonds. The van der Waals surface area contributed by atoms with Gasteiger partial charge in [0.2, 0.25) is 5.91 Å². The highest BCUT2D eigenvalue weighted by Crippen LogP contribution is 2.26. The van der Waals surface area contributed by atoms with Gasteiger partial charge in [-0.2, -0.15) is 0 Å². The second-order valence-corrected chi connectivity index (χ2v) is 6.09.